The Kier molecular flexibility index (Phi) is 5.22. The molecule has 128 valence electrons. The Balaban J connectivity index is 2.12. The lowest BCUT2D eigenvalue weighted by molar-refractivity contribution is 0.251. The highest BCUT2D eigenvalue weighted by Gasteiger charge is 2.20. The molecule has 0 unspecified atom stereocenters. The van der Waals surface area contributed by atoms with Crippen LogP contribution in [0.15, 0.2) is 36.4 Å². The van der Waals surface area contributed by atoms with Gasteiger partial charge in [0.2, 0.25) is 0 Å². The highest BCUT2D eigenvalue weighted by molar-refractivity contribution is 5.91. The van der Waals surface area contributed by atoms with Gasteiger partial charge in [-0.05, 0) is 41.7 Å². The zero-order valence-corrected chi connectivity index (χ0v) is 14.3. The van der Waals surface area contributed by atoms with Crippen molar-refractivity contribution in [2.75, 3.05) is 5.32 Å². The summed E-state index contributed by atoms with van der Waals surface area (Å²) < 4.78 is 26.8. The van der Waals surface area contributed by atoms with Crippen LogP contribution >= 0.6 is 0 Å². The van der Waals surface area contributed by atoms with Gasteiger partial charge in [0.25, 0.3) is 0 Å². The fraction of sp³-hybridized carbons (Fsp3) is 0.316. The molecule has 0 aliphatic rings. The van der Waals surface area contributed by atoms with Crippen molar-refractivity contribution >= 4 is 11.7 Å². The molecule has 2 amide bonds. The summed E-state index contributed by atoms with van der Waals surface area (Å²) in [6.07, 6.45) is 0. The fourth-order valence-corrected chi connectivity index (χ4v) is 2.47. The molecule has 2 aromatic carbocycles. The Morgan fingerprint density at radius 2 is 1.83 bits per heavy atom. The summed E-state index contributed by atoms with van der Waals surface area (Å²) >= 11 is 0. The molecule has 0 bridgehead atoms. The predicted molar refractivity (Wildman–Crippen MR) is 92.1 cm³/mol. The quantitative estimate of drug-likeness (QED) is 0.825. The SMILES string of the molecule is Cc1cccc(C(C)(C)C)c1NC(=O)NCc1cc(F)ccc1F. The first-order chi connectivity index (χ1) is 11.2. The molecule has 2 aromatic rings. The second-order valence-corrected chi connectivity index (χ2v) is 6.79. The maximum Gasteiger partial charge on any atom is 0.319 e. The van der Waals surface area contributed by atoms with Gasteiger partial charge in [0.05, 0.1) is 0 Å². The van der Waals surface area contributed by atoms with E-state index < -0.39 is 17.7 Å². The van der Waals surface area contributed by atoms with Crippen molar-refractivity contribution in [2.24, 2.45) is 0 Å². The van der Waals surface area contributed by atoms with Crippen LogP contribution in [0.4, 0.5) is 19.3 Å². The second-order valence-electron chi connectivity index (χ2n) is 6.79. The highest BCUT2D eigenvalue weighted by Crippen LogP contribution is 2.31. The minimum Gasteiger partial charge on any atom is -0.334 e. The van der Waals surface area contributed by atoms with Crippen LogP contribution in [0.5, 0.6) is 0 Å². The fourth-order valence-electron chi connectivity index (χ4n) is 2.47. The molecule has 0 saturated carbocycles. The number of para-hydroxylation sites is 1. The first-order valence-electron chi connectivity index (χ1n) is 7.77. The van der Waals surface area contributed by atoms with Gasteiger partial charge in [-0.3, -0.25) is 0 Å². The van der Waals surface area contributed by atoms with Gasteiger partial charge in [0.15, 0.2) is 0 Å². The predicted octanol–water partition coefficient (Wildman–Crippen LogP) is 4.89. The molecule has 24 heavy (non-hydrogen) atoms. The van der Waals surface area contributed by atoms with Crippen molar-refractivity contribution in [1.82, 2.24) is 5.32 Å². The molecule has 5 heteroatoms. The number of amides is 2. The van der Waals surface area contributed by atoms with Crippen molar-refractivity contribution in [1.29, 1.82) is 0 Å². The molecule has 2 N–H and O–H groups in total. The zero-order valence-electron chi connectivity index (χ0n) is 14.3. The zero-order chi connectivity index (χ0) is 17.9. The Labute approximate surface area is 141 Å². The highest BCUT2D eigenvalue weighted by atomic mass is 19.1. The normalized spacial score (nSPS) is 11.2. The molecule has 2 rings (SSSR count). The second kappa shape index (κ2) is 6.99. The van der Waals surface area contributed by atoms with Crippen molar-refractivity contribution in [3.63, 3.8) is 0 Å². The van der Waals surface area contributed by atoms with Crippen LogP contribution in [0.1, 0.15) is 37.5 Å². The molecular weight excluding hydrogens is 310 g/mol. The maximum absolute atomic E-state index is 13.6. The summed E-state index contributed by atoms with van der Waals surface area (Å²) in [6.45, 7) is 8.01. The maximum atomic E-state index is 13.6. The number of hydrogen-bond donors (Lipinski definition) is 2. The number of carbonyl (C=O) groups is 1. The number of benzene rings is 2. The minimum atomic E-state index is -0.553. The molecule has 3 nitrogen and oxygen atoms in total. The summed E-state index contributed by atoms with van der Waals surface area (Å²) in [5.41, 5.74) is 2.65. The number of nitrogens with one attached hydrogen (secondary N) is 2. The summed E-state index contributed by atoms with van der Waals surface area (Å²) in [5, 5.41) is 5.39. The third-order valence-corrected chi connectivity index (χ3v) is 3.77. The van der Waals surface area contributed by atoms with Crippen LogP contribution in [-0.2, 0) is 12.0 Å². The number of urea groups is 1. The van der Waals surface area contributed by atoms with E-state index in [4.69, 9.17) is 0 Å². The molecule has 0 fully saturated rings. The lowest BCUT2D eigenvalue weighted by Crippen LogP contribution is -2.30. The van der Waals surface area contributed by atoms with E-state index in [1.807, 2.05) is 25.1 Å². The Morgan fingerprint density at radius 3 is 2.50 bits per heavy atom. The first-order valence-corrected chi connectivity index (χ1v) is 7.77. The molecule has 0 spiro atoms. The lowest BCUT2D eigenvalue weighted by Gasteiger charge is -2.24. The topological polar surface area (TPSA) is 41.1 Å². The van der Waals surface area contributed by atoms with Gasteiger partial charge in [-0.1, -0.05) is 39.0 Å². The van der Waals surface area contributed by atoms with E-state index >= 15 is 0 Å². The summed E-state index contributed by atoms with van der Waals surface area (Å²) in [6, 6.07) is 8.53. The molecule has 0 aliphatic heterocycles. The average molecular weight is 332 g/mol. The molecule has 0 heterocycles. The molecule has 0 aliphatic carbocycles. The number of anilines is 1. The lowest BCUT2D eigenvalue weighted by atomic mass is 9.84. The number of aryl methyl sites for hydroxylation is 1. The van der Waals surface area contributed by atoms with Crippen LogP contribution < -0.4 is 10.6 Å². The number of carbonyl (C=O) groups excluding carboxylic acids is 1. The summed E-state index contributed by atoms with van der Waals surface area (Å²) in [4.78, 5) is 12.2. The smallest absolute Gasteiger partial charge is 0.319 e. The Bertz CT molecular complexity index is 752. The molecular formula is C19H22F2N2O. The van der Waals surface area contributed by atoms with Gasteiger partial charge < -0.3 is 10.6 Å². The standard InChI is InChI=1S/C19H22F2N2O/c1-12-6-5-7-15(19(2,3)4)17(12)23-18(24)22-11-13-10-14(20)8-9-16(13)21/h5-10H,11H2,1-4H3,(H2,22,23,24). The Morgan fingerprint density at radius 1 is 1.12 bits per heavy atom. The molecule has 0 aromatic heterocycles. The first kappa shape index (κ1) is 17.9. The van der Waals surface area contributed by atoms with E-state index in [1.165, 1.54) is 0 Å². The third kappa shape index (κ3) is 4.31. The van der Waals surface area contributed by atoms with Crippen molar-refractivity contribution < 1.29 is 13.6 Å². The van der Waals surface area contributed by atoms with Crippen LogP contribution in [0, 0.1) is 18.6 Å². The van der Waals surface area contributed by atoms with E-state index in [1.54, 1.807) is 0 Å². The van der Waals surface area contributed by atoms with Gasteiger partial charge in [-0.25, -0.2) is 13.6 Å². The van der Waals surface area contributed by atoms with Gasteiger partial charge in [-0.15, -0.1) is 0 Å². The molecule has 0 radical (unpaired) electrons. The summed E-state index contributed by atoms with van der Waals surface area (Å²) in [7, 11) is 0. The van der Waals surface area contributed by atoms with Crippen molar-refractivity contribution in [2.45, 2.75) is 39.7 Å². The van der Waals surface area contributed by atoms with Gasteiger partial charge in [0, 0.05) is 17.8 Å². The molecule has 0 atom stereocenters. The van der Waals surface area contributed by atoms with Crippen molar-refractivity contribution in [3.05, 3.63) is 64.7 Å². The van der Waals surface area contributed by atoms with E-state index in [0.29, 0.717) is 0 Å². The van der Waals surface area contributed by atoms with Crippen LogP contribution in [0.25, 0.3) is 0 Å². The summed E-state index contributed by atoms with van der Waals surface area (Å²) in [5.74, 6) is -1.09. The van der Waals surface area contributed by atoms with Crippen molar-refractivity contribution in [3.8, 4) is 0 Å². The van der Waals surface area contributed by atoms with Crippen LogP contribution in [-0.4, -0.2) is 6.03 Å². The van der Waals surface area contributed by atoms with Gasteiger partial charge in [-0.2, -0.15) is 0 Å². The van der Waals surface area contributed by atoms with Crippen LogP contribution in [0.3, 0.4) is 0 Å². The van der Waals surface area contributed by atoms with E-state index in [9.17, 15) is 13.6 Å². The Hall–Kier alpha value is -2.43. The van der Waals surface area contributed by atoms with E-state index in [2.05, 4.69) is 31.4 Å². The largest absolute Gasteiger partial charge is 0.334 e. The number of halogens is 2. The monoisotopic (exact) mass is 332 g/mol. The van der Waals surface area contributed by atoms with E-state index in [0.717, 1.165) is 35.0 Å². The van der Waals surface area contributed by atoms with Gasteiger partial charge >= 0.3 is 6.03 Å². The molecule has 0 saturated heterocycles. The van der Waals surface area contributed by atoms with Crippen LogP contribution in [0.2, 0.25) is 0 Å². The number of rotatable bonds is 3. The number of hydrogen-bond acceptors (Lipinski definition) is 1. The van der Waals surface area contributed by atoms with E-state index in [-0.39, 0.29) is 17.5 Å². The average Bonchev–Trinajstić information content (AvgIpc) is 2.49. The third-order valence-electron chi connectivity index (χ3n) is 3.77. The van der Waals surface area contributed by atoms with Gasteiger partial charge in [0.1, 0.15) is 11.6 Å². The minimum absolute atomic E-state index is 0.0911.